The molecule has 0 spiro atoms. The van der Waals surface area contributed by atoms with Gasteiger partial charge in [0.1, 0.15) is 0 Å². The summed E-state index contributed by atoms with van der Waals surface area (Å²) < 4.78 is 0. The minimum atomic E-state index is -0.277. The van der Waals surface area contributed by atoms with Gasteiger partial charge in [0, 0.05) is 58.9 Å². The summed E-state index contributed by atoms with van der Waals surface area (Å²) in [5.74, 6) is 0.278. The first-order chi connectivity index (χ1) is 10.5. The molecule has 0 aliphatic carbocycles. The van der Waals surface area contributed by atoms with E-state index in [4.69, 9.17) is 0 Å². The quantitative estimate of drug-likeness (QED) is 0.744. The van der Waals surface area contributed by atoms with Gasteiger partial charge in [-0.05, 0) is 20.4 Å². The van der Waals surface area contributed by atoms with Crippen LogP contribution in [0.1, 0.15) is 20.8 Å². The van der Waals surface area contributed by atoms with Crippen molar-refractivity contribution in [2.45, 2.75) is 32.9 Å². The molecular formula is C16H32N4O2. The summed E-state index contributed by atoms with van der Waals surface area (Å²) >= 11 is 0. The Bertz CT molecular complexity index is 348. The molecule has 22 heavy (non-hydrogen) atoms. The molecule has 128 valence electrons. The van der Waals surface area contributed by atoms with E-state index in [1.54, 1.807) is 0 Å². The van der Waals surface area contributed by atoms with Crippen LogP contribution in [0, 0.1) is 0 Å². The Hall–Kier alpha value is -0.690. The summed E-state index contributed by atoms with van der Waals surface area (Å²) in [6.07, 6.45) is -0.277. The summed E-state index contributed by atoms with van der Waals surface area (Å²) in [5, 5.41) is 9.46. The standard InChI is InChI=1S/C16H32N4O2/c1-4-17-5-11-20(12-6-17)16(22)15(3)19-9-7-18(8-10-19)13-14(2)21/h14-15,21H,4-13H2,1-3H3/t14-,15-/m0/s1. The Morgan fingerprint density at radius 1 is 0.955 bits per heavy atom. The molecule has 0 saturated carbocycles. The Morgan fingerprint density at radius 3 is 2.00 bits per heavy atom. The number of likely N-dealkylation sites (N-methyl/N-ethyl adjacent to an activating group) is 1. The van der Waals surface area contributed by atoms with Gasteiger partial charge in [-0.3, -0.25) is 14.6 Å². The van der Waals surface area contributed by atoms with E-state index >= 15 is 0 Å². The van der Waals surface area contributed by atoms with E-state index < -0.39 is 0 Å². The number of rotatable bonds is 5. The maximum Gasteiger partial charge on any atom is 0.239 e. The fraction of sp³-hybridized carbons (Fsp3) is 0.938. The van der Waals surface area contributed by atoms with Gasteiger partial charge in [0.15, 0.2) is 0 Å². The summed E-state index contributed by atoms with van der Waals surface area (Å²) in [5.41, 5.74) is 0. The van der Waals surface area contributed by atoms with Crippen LogP contribution in [-0.4, -0.2) is 108 Å². The second-order valence-electron chi connectivity index (χ2n) is 6.62. The van der Waals surface area contributed by atoms with Crippen LogP contribution in [0.3, 0.4) is 0 Å². The normalized spacial score (nSPS) is 25.2. The molecule has 0 aromatic carbocycles. The van der Waals surface area contributed by atoms with Crippen LogP contribution in [0.5, 0.6) is 0 Å². The fourth-order valence-corrected chi connectivity index (χ4v) is 3.41. The largest absolute Gasteiger partial charge is 0.392 e. The van der Waals surface area contributed by atoms with Crippen molar-refractivity contribution in [3.8, 4) is 0 Å². The van der Waals surface area contributed by atoms with Gasteiger partial charge in [-0.1, -0.05) is 6.92 Å². The molecule has 2 aliphatic heterocycles. The predicted octanol–water partition coefficient (Wildman–Crippen LogP) is -0.463. The summed E-state index contributed by atoms with van der Waals surface area (Å²) in [6.45, 7) is 15.3. The minimum Gasteiger partial charge on any atom is -0.392 e. The highest BCUT2D eigenvalue weighted by Crippen LogP contribution is 2.11. The van der Waals surface area contributed by atoms with Gasteiger partial charge >= 0.3 is 0 Å². The van der Waals surface area contributed by atoms with Crippen LogP contribution in [-0.2, 0) is 4.79 Å². The number of amides is 1. The van der Waals surface area contributed by atoms with Crippen molar-refractivity contribution in [3.63, 3.8) is 0 Å². The summed E-state index contributed by atoms with van der Waals surface area (Å²) in [7, 11) is 0. The number of carbonyl (C=O) groups excluding carboxylic acids is 1. The first-order valence-corrected chi connectivity index (χ1v) is 8.67. The van der Waals surface area contributed by atoms with Crippen LogP contribution >= 0.6 is 0 Å². The third-order valence-electron chi connectivity index (χ3n) is 4.97. The molecule has 0 unspecified atom stereocenters. The average Bonchev–Trinajstić information content (AvgIpc) is 2.54. The van der Waals surface area contributed by atoms with Gasteiger partial charge < -0.3 is 14.9 Å². The molecule has 1 N–H and O–H groups in total. The number of β-amino-alcohol motifs (C(OH)–C–C–N with tert-alkyl or cyclic N) is 1. The van der Waals surface area contributed by atoms with E-state index in [-0.39, 0.29) is 18.1 Å². The number of piperazine rings is 2. The van der Waals surface area contributed by atoms with Crippen LogP contribution < -0.4 is 0 Å². The molecule has 6 heteroatoms. The average molecular weight is 312 g/mol. The number of hydrogen-bond donors (Lipinski definition) is 1. The van der Waals surface area contributed by atoms with Gasteiger partial charge in [0.2, 0.25) is 5.91 Å². The first-order valence-electron chi connectivity index (χ1n) is 8.67. The van der Waals surface area contributed by atoms with Gasteiger partial charge in [-0.2, -0.15) is 0 Å². The molecule has 2 saturated heterocycles. The predicted molar refractivity (Wildman–Crippen MR) is 87.8 cm³/mol. The smallest absolute Gasteiger partial charge is 0.239 e. The highest BCUT2D eigenvalue weighted by atomic mass is 16.3. The summed E-state index contributed by atoms with van der Waals surface area (Å²) in [4.78, 5) is 21.6. The second-order valence-corrected chi connectivity index (χ2v) is 6.62. The molecule has 0 radical (unpaired) electrons. The number of hydrogen-bond acceptors (Lipinski definition) is 5. The SMILES string of the molecule is CCN1CCN(C(=O)[C@H](C)N2CCN(C[C@H](C)O)CC2)CC1. The Balaban J connectivity index is 1.77. The highest BCUT2D eigenvalue weighted by molar-refractivity contribution is 5.81. The molecule has 0 aromatic rings. The van der Waals surface area contributed by atoms with Crippen molar-refractivity contribution in [2.24, 2.45) is 0 Å². The number of carbonyl (C=O) groups is 1. The van der Waals surface area contributed by atoms with Crippen molar-refractivity contribution < 1.29 is 9.90 Å². The van der Waals surface area contributed by atoms with E-state index in [0.717, 1.165) is 65.4 Å². The molecule has 0 aromatic heterocycles. The van der Waals surface area contributed by atoms with Crippen LogP contribution in [0.2, 0.25) is 0 Å². The van der Waals surface area contributed by atoms with Crippen molar-refractivity contribution in [3.05, 3.63) is 0 Å². The second kappa shape index (κ2) is 8.24. The fourth-order valence-electron chi connectivity index (χ4n) is 3.41. The lowest BCUT2D eigenvalue weighted by atomic mass is 10.1. The molecule has 2 rings (SSSR count). The molecule has 2 aliphatic rings. The van der Waals surface area contributed by atoms with E-state index in [1.807, 2.05) is 18.7 Å². The highest BCUT2D eigenvalue weighted by Gasteiger charge is 2.30. The molecule has 1 amide bonds. The van der Waals surface area contributed by atoms with Crippen molar-refractivity contribution in [2.75, 3.05) is 65.4 Å². The summed E-state index contributed by atoms with van der Waals surface area (Å²) in [6, 6.07) is -0.0260. The van der Waals surface area contributed by atoms with E-state index in [0.29, 0.717) is 0 Å². The lowest BCUT2D eigenvalue weighted by Crippen LogP contribution is -2.57. The van der Waals surface area contributed by atoms with Gasteiger partial charge in [0.05, 0.1) is 12.1 Å². The zero-order valence-electron chi connectivity index (χ0n) is 14.4. The Kier molecular flexibility index (Phi) is 6.62. The molecular weight excluding hydrogens is 280 g/mol. The topological polar surface area (TPSA) is 50.3 Å². The number of aliphatic hydroxyl groups excluding tert-OH is 1. The third kappa shape index (κ3) is 4.65. The van der Waals surface area contributed by atoms with E-state index in [1.165, 1.54) is 0 Å². The van der Waals surface area contributed by atoms with E-state index in [9.17, 15) is 9.90 Å². The first kappa shape index (κ1) is 17.7. The van der Waals surface area contributed by atoms with Crippen LogP contribution in [0.15, 0.2) is 0 Å². The molecule has 0 bridgehead atoms. The monoisotopic (exact) mass is 312 g/mol. The van der Waals surface area contributed by atoms with Crippen molar-refractivity contribution in [1.29, 1.82) is 0 Å². The lowest BCUT2D eigenvalue weighted by molar-refractivity contribution is -0.139. The zero-order valence-corrected chi connectivity index (χ0v) is 14.4. The molecule has 2 heterocycles. The Morgan fingerprint density at radius 2 is 1.50 bits per heavy atom. The third-order valence-corrected chi connectivity index (χ3v) is 4.97. The van der Waals surface area contributed by atoms with Crippen LogP contribution in [0.25, 0.3) is 0 Å². The van der Waals surface area contributed by atoms with Gasteiger partial charge in [-0.15, -0.1) is 0 Å². The molecule has 2 atom stereocenters. The maximum absolute atomic E-state index is 12.7. The van der Waals surface area contributed by atoms with Crippen molar-refractivity contribution in [1.82, 2.24) is 19.6 Å². The zero-order chi connectivity index (χ0) is 16.1. The van der Waals surface area contributed by atoms with Gasteiger partial charge in [0.25, 0.3) is 0 Å². The molecule has 6 nitrogen and oxygen atoms in total. The van der Waals surface area contributed by atoms with E-state index in [2.05, 4.69) is 21.6 Å². The minimum absolute atomic E-state index is 0.0260. The Labute approximate surface area is 134 Å². The lowest BCUT2D eigenvalue weighted by Gasteiger charge is -2.41. The molecule has 2 fully saturated rings. The van der Waals surface area contributed by atoms with Crippen LogP contribution in [0.4, 0.5) is 0 Å². The number of nitrogens with zero attached hydrogens (tertiary/aromatic N) is 4. The van der Waals surface area contributed by atoms with Crippen molar-refractivity contribution >= 4 is 5.91 Å². The number of aliphatic hydroxyl groups is 1. The van der Waals surface area contributed by atoms with Gasteiger partial charge in [-0.25, -0.2) is 0 Å². The maximum atomic E-state index is 12.7.